The molecule has 0 fully saturated rings. The Labute approximate surface area is 174 Å². The molecule has 0 aromatic heterocycles. The number of hydrogen-bond donors (Lipinski definition) is 2. The third-order valence-electron chi connectivity index (χ3n) is 4.30. The van der Waals surface area contributed by atoms with Crippen molar-refractivity contribution < 1.29 is 28.7 Å². The van der Waals surface area contributed by atoms with Gasteiger partial charge in [-0.1, -0.05) is 44.2 Å². The van der Waals surface area contributed by atoms with Crippen molar-refractivity contribution in [1.29, 1.82) is 0 Å². The highest BCUT2D eigenvalue weighted by molar-refractivity contribution is 5.99. The molecule has 2 aromatic carbocycles. The fourth-order valence-electron chi connectivity index (χ4n) is 2.85. The maximum Gasteiger partial charge on any atom is 0.328 e. The molecule has 8 nitrogen and oxygen atoms in total. The van der Waals surface area contributed by atoms with E-state index < -0.39 is 36.4 Å². The van der Waals surface area contributed by atoms with Crippen molar-refractivity contribution in [1.82, 2.24) is 10.6 Å². The molecule has 2 amide bonds. The largest absolute Gasteiger partial charge is 0.467 e. The second-order valence-electron chi connectivity index (χ2n) is 7.18. The van der Waals surface area contributed by atoms with Crippen molar-refractivity contribution in [3.63, 3.8) is 0 Å². The molecule has 0 radical (unpaired) electrons. The minimum absolute atomic E-state index is 0.155. The zero-order valence-electron chi connectivity index (χ0n) is 17.3. The van der Waals surface area contributed by atoms with Crippen molar-refractivity contribution >= 4 is 34.5 Å². The number of methoxy groups -OCH3 is 1. The van der Waals surface area contributed by atoms with Crippen LogP contribution in [0.4, 0.5) is 0 Å². The molecular formula is C22H26N2O6. The fourth-order valence-corrected chi connectivity index (χ4v) is 2.85. The third-order valence-corrected chi connectivity index (χ3v) is 4.30. The number of fused-ring (bicyclic) bond motifs is 1. The molecule has 30 heavy (non-hydrogen) atoms. The van der Waals surface area contributed by atoms with Crippen LogP contribution in [0.5, 0.6) is 0 Å². The molecule has 0 unspecified atom stereocenters. The molecule has 160 valence electrons. The van der Waals surface area contributed by atoms with Crippen LogP contribution in [-0.4, -0.2) is 50.1 Å². The molecule has 0 aliphatic carbocycles. The second kappa shape index (κ2) is 10.9. The number of hydrogen-bond acceptors (Lipinski definition) is 6. The van der Waals surface area contributed by atoms with Crippen LogP contribution in [0.1, 0.15) is 30.6 Å². The van der Waals surface area contributed by atoms with Gasteiger partial charge < -0.3 is 20.1 Å². The second-order valence-corrected chi connectivity index (χ2v) is 7.18. The quantitative estimate of drug-likeness (QED) is 0.606. The van der Waals surface area contributed by atoms with E-state index in [1.807, 2.05) is 44.2 Å². The molecule has 0 bridgehead atoms. The zero-order chi connectivity index (χ0) is 22.1. The lowest BCUT2D eigenvalue weighted by atomic mass is 10.0. The van der Waals surface area contributed by atoms with Crippen LogP contribution in [0.2, 0.25) is 0 Å². The summed E-state index contributed by atoms with van der Waals surface area (Å²) >= 11 is 0. The van der Waals surface area contributed by atoms with Crippen LogP contribution in [0.15, 0.2) is 42.5 Å². The summed E-state index contributed by atoms with van der Waals surface area (Å²) in [4.78, 5) is 47.8. The minimum atomic E-state index is -0.811. The van der Waals surface area contributed by atoms with Gasteiger partial charge in [0, 0.05) is 5.56 Å². The summed E-state index contributed by atoms with van der Waals surface area (Å²) in [5, 5.41) is 6.86. The van der Waals surface area contributed by atoms with Crippen LogP contribution >= 0.6 is 0 Å². The smallest absolute Gasteiger partial charge is 0.328 e. The molecule has 1 atom stereocenters. The molecule has 0 aliphatic rings. The van der Waals surface area contributed by atoms with Crippen LogP contribution in [0.3, 0.4) is 0 Å². The molecule has 0 spiro atoms. The van der Waals surface area contributed by atoms with Crippen molar-refractivity contribution in [3.8, 4) is 0 Å². The van der Waals surface area contributed by atoms with Gasteiger partial charge in [-0.05, 0) is 35.2 Å². The maximum atomic E-state index is 12.2. The predicted molar refractivity (Wildman–Crippen MR) is 111 cm³/mol. The van der Waals surface area contributed by atoms with E-state index in [1.165, 1.54) is 7.11 Å². The average Bonchev–Trinajstić information content (AvgIpc) is 2.74. The summed E-state index contributed by atoms with van der Waals surface area (Å²) < 4.78 is 9.53. The number of esters is 2. The first-order valence-electron chi connectivity index (χ1n) is 9.60. The summed E-state index contributed by atoms with van der Waals surface area (Å²) in [6.45, 7) is 2.86. The molecular weight excluding hydrogens is 388 g/mol. The van der Waals surface area contributed by atoms with Crippen molar-refractivity contribution in [2.45, 2.75) is 26.3 Å². The van der Waals surface area contributed by atoms with Gasteiger partial charge in [0.2, 0.25) is 0 Å². The summed E-state index contributed by atoms with van der Waals surface area (Å²) in [5.74, 6) is -2.23. The number of rotatable bonds is 9. The third kappa shape index (κ3) is 6.88. The van der Waals surface area contributed by atoms with Gasteiger partial charge >= 0.3 is 11.9 Å². The maximum absolute atomic E-state index is 12.2. The van der Waals surface area contributed by atoms with Gasteiger partial charge in [-0.2, -0.15) is 0 Å². The van der Waals surface area contributed by atoms with Crippen LogP contribution in [0.25, 0.3) is 10.8 Å². The molecule has 0 saturated carbocycles. The van der Waals surface area contributed by atoms with Gasteiger partial charge in [-0.25, -0.2) is 4.79 Å². The number of ether oxygens (including phenoxy) is 2. The summed E-state index contributed by atoms with van der Waals surface area (Å²) in [5.41, 5.74) is 0.411. The summed E-state index contributed by atoms with van der Waals surface area (Å²) in [6.07, 6.45) is 0.397. The van der Waals surface area contributed by atoms with E-state index in [2.05, 4.69) is 15.4 Å². The van der Waals surface area contributed by atoms with Gasteiger partial charge in [0.05, 0.1) is 7.11 Å². The monoisotopic (exact) mass is 414 g/mol. The summed E-state index contributed by atoms with van der Waals surface area (Å²) in [6, 6.07) is 12.0. The van der Waals surface area contributed by atoms with Gasteiger partial charge in [0.15, 0.2) is 6.61 Å². The molecule has 2 rings (SSSR count). The van der Waals surface area contributed by atoms with Crippen molar-refractivity contribution in [3.05, 3.63) is 48.0 Å². The number of benzene rings is 2. The van der Waals surface area contributed by atoms with Crippen LogP contribution in [-0.2, 0) is 23.9 Å². The molecule has 8 heteroatoms. The lowest BCUT2D eigenvalue weighted by molar-refractivity contribution is -0.149. The molecule has 2 N–H and O–H groups in total. The van der Waals surface area contributed by atoms with Crippen molar-refractivity contribution in [2.75, 3.05) is 20.3 Å². The Morgan fingerprint density at radius 1 is 1.00 bits per heavy atom. The number of carbonyl (C=O) groups is 4. The van der Waals surface area contributed by atoms with E-state index in [1.54, 1.807) is 12.1 Å². The van der Waals surface area contributed by atoms with E-state index in [4.69, 9.17) is 4.74 Å². The Bertz CT molecular complexity index is 925. The first-order valence-corrected chi connectivity index (χ1v) is 9.60. The lowest BCUT2D eigenvalue weighted by Gasteiger charge is -2.18. The van der Waals surface area contributed by atoms with E-state index in [0.29, 0.717) is 12.0 Å². The van der Waals surface area contributed by atoms with Gasteiger partial charge in [0.25, 0.3) is 11.8 Å². The van der Waals surface area contributed by atoms with Gasteiger partial charge in [-0.15, -0.1) is 0 Å². The normalized spacial score (nSPS) is 11.6. The average molecular weight is 414 g/mol. The van der Waals surface area contributed by atoms with Crippen LogP contribution in [0, 0.1) is 5.92 Å². The number of amides is 2. The molecule has 2 aromatic rings. The zero-order valence-corrected chi connectivity index (χ0v) is 17.3. The highest BCUT2D eigenvalue weighted by Crippen LogP contribution is 2.15. The highest BCUT2D eigenvalue weighted by atomic mass is 16.5. The number of nitrogens with one attached hydrogen (secondary N) is 2. The van der Waals surface area contributed by atoms with Crippen molar-refractivity contribution in [2.24, 2.45) is 5.92 Å². The number of carbonyl (C=O) groups excluding carboxylic acids is 4. The first kappa shape index (κ1) is 22.9. The van der Waals surface area contributed by atoms with Gasteiger partial charge in [0.1, 0.15) is 12.6 Å². The van der Waals surface area contributed by atoms with E-state index >= 15 is 0 Å². The molecule has 0 aliphatic heterocycles. The standard InChI is InChI=1S/C22H26N2O6/c1-14(2)10-18(22(28)29-3)24-19(25)13-30-20(26)12-23-21(27)17-9-8-15-6-4-5-7-16(15)11-17/h4-9,11,14,18H,10,12-13H2,1-3H3,(H,23,27)(H,24,25)/t18-/m1/s1. The van der Waals surface area contributed by atoms with E-state index in [0.717, 1.165) is 10.8 Å². The molecule has 0 saturated heterocycles. The topological polar surface area (TPSA) is 111 Å². The molecule has 0 heterocycles. The Balaban J connectivity index is 1.79. The predicted octanol–water partition coefficient (Wildman–Crippen LogP) is 1.82. The van der Waals surface area contributed by atoms with E-state index in [9.17, 15) is 19.2 Å². The Morgan fingerprint density at radius 2 is 1.70 bits per heavy atom. The van der Waals surface area contributed by atoms with E-state index in [-0.39, 0.29) is 12.5 Å². The first-order chi connectivity index (χ1) is 14.3. The Morgan fingerprint density at radius 3 is 2.37 bits per heavy atom. The fraction of sp³-hybridized carbons (Fsp3) is 0.364. The minimum Gasteiger partial charge on any atom is -0.467 e. The Hall–Kier alpha value is -3.42. The SMILES string of the molecule is COC(=O)[C@@H](CC(C)C)NC(=O)COC(=O)CNC(=O)c1ccc2ccccc2c1. The van der Waals surface area contributed by atoms with Gasteiger partial charge in [-0.3, -0.25) is 14.4 Å². The summed E-state index contributed by atoms with van der Waals surface area (Å²) in [7, 11) is 1.24. The Kier molecular flexibility index (Phi) is 8.34. The lowest BCUT2D eigenvalue weighted by Crippen LogP contribution is -2.44. The van der Waals surface area contributed by atoms with Crippen LogP contribution < -0.4 is 10.6 Å². The highest BCUT2D eigenvalue weighted by Gasteiger charge is 2.23.